The highest BCUT2D eigenvalue weighted by atomic mass is 19.1. The molecule has 28 heavy (non-hydrogen) atoms. The summed E-state index contributed by atoms with van der Waals surface area (Å²) in [5.41, 5.74) is 2.85. The molecule has 0 radical (unpaired) electrons. The predicted molar refractivity (Wildman–Crippen MR) is 107 cm³/mol. The van der Waals surface area contributed by atoms with E-state index in [0.717, 1.165) is 37.3 Å². The van der Waals surface area contributed by atoms with Crippen molar-refractivity contribution in [3.05, 3.63) is 89.1 Å². The van der Waals surface area contributed by atoms with Crippen molar-refractivity contribution in [1.82, 2.24) is 9.97 Å². The topological polar surface area (TPSA) is 46.1 Å². The monoisotopic (exact) mass is 375 g/mol. The molecule has 4 rings (SSSR count). The summed E-state index contributed by atoms with van der Waals surface area (Å²) in [5, 5.41) is 0. The van der Waals surface area contributed by atoms with Gasteiger partial charge in [-0.05, 0) is 61.7 Å². The van der Waals surface area contributed by atoms with Crippen molar-refractivity contribution in [2.45, 2.75) is 25.7 Å². The first-order valence-corrected chi connectivity index (χ1v) is 9.55. The van der Waals surface area contributed by atoms with Gasteiger partial charge in [0.2, 0.25) is 5.78 Å². The quantitative estimate of drug-likeness (QED) is 0.628. The SMILES string of the molecule is Cc1ncccc1C(=O)c1cccc(N2CCCC(c3ccc(F)cc3)C2)n1. The van der Waals surface area contributed by atoms with E-state index in [1.54, 1.807) is 24.4 Å². The maximum absolute atomic E-state index is 13.2. The van der Waals surface area contributed by atoms with Gasteiger partial charge >= 0.3 is 0 Å². The number of hydrogen-bond acceptors (Lipinski definition) is 4. The van der Waals surface area contributed by atoms with Crippen molar-refractivity contribution in [3.8, 4) is 0 Å². The predicted octanol–water partition coefficient (Wildman–Crippen LogP) is 4.54. The van der Waals surface area contributed by atoms with Crippen molar-refractivity contribution >= 4 is 11.6 Å². The van der Waals surface area contributed by atoms with Gasteiger partial charge in [-0.1, -0.05) is 18.2 Å². The zero-order valence-corrected chi connectivity index (χ0v) is 15.8. The zero-order chi connectivity index (χ0) is 19.5. The maximum atomic E-state index is 13.2. The van der Waals surface area contributed by atoms with Gasteiger partial charge < -0.3 is 4.90 Å². The number of halogens is 1. The van der Waals surface area contributed by atoms with E-state index >= 15 is 0 Å². The molecule has 1 saturated heterocycles. The molecular weight excluding hydrogens is 353 g/mol. The number of aryl methyl sites for hydroxylation is 1. The van der Waals surface area contributed by atoms with E-state index in [-0.39, 0.29) is 11.6 Å². The first-order valence-electron chi connectivity index (χ1n) is 9.55. The Morgan fingerprint density at radius 2 is 1.93 bits per heavy atom. The highest BCUT2D eigenvalue weighted by Crippen LogP contribution is 2.29. The van der Waals surface area contributed by atoms with Gasteiger partial charge in [0.05, 0.1) is 0 Å². The lowest BCUT2D eigenvalue weighted by atomic mass is 9.90. The van der Waals surface area contributed by atoms with E-state index in [4.69, 9.17) is 0 Å². The van der Waals surface area contributed by atoms with Crippen LogP contribution in [0.2, 0.25) is 0 Å². The summed E-state index contributed by atoms with van der Waals surface area (Å²) < 4.78 is 13.2. The Hall–Kier alpha value is -3.08. The van der Waals surface area contributed by atoms with Crippen molar-refractivity contribution in [1.29, 1.82) is 0 Å². The molecule has 1 aliphatic rings. The minimum absolute atomic E-state index is 0.112. The molecule has 1 aromatic carbocycles. The van der Waals surface area contributed by atoms with Crippen LogP contribution in [0.5, 0.6) is 0 Å². The van der Waals surface area contributed by atoms with Crippen LogP contribution >= 0.6 is 0 Å². The number of rotatable bonds is 4. The van der Waals surface area contributed by atoms with Crippen LogP contribution in [0, 0.1) is 12.7 Å². The van der Waals surface area contributed by atoms with Crippen LogP contribution < -0.4 is 4.90 Å². The second-order valence-electron chi connectivity index (χ2n) is 7.18. The van der Waals surface area contributed by atoms with E-state index in [1.807, 2.05) is 31.2 Å². The average Bonchev–Trinajstić information content (AvgIpc) is 2.74. The number of aromatic nitrogens is 2. The third-order valence-electron chi connectivity index (χ3n) is 5.31. The minimum atomic E-state index is -0.213. The van der Waals surface area contributed by atoms with Crippen LogP contribution in [0.25, 0.3) is 0 Å². The number of piperidine rings is 1. The number of anilines is 1. The molecule has 2 aromatic heterocycles. The number of hydrogen-bond donors (Lipinski definition) is 0. The summed E-state index contributed by atoms with van der Waals surface area (Å²) in [6.07, 6.45) is 3.78. The molecule has 0 amide bonds. The lowest BCUT2D eigenvalue weighted by molar-refractivity contribution is 0.103. The van der Waals surface area contributed by atoms with Gasteiger partial charge in [-0.25, -0.2) is 9.37 Å². The standard InChI is InChI=1S/C23H22FN3O/c1-16-20(6-3-13-25-16)23(28)21-7-2-8-22(26-21)27-14-4-5-18(15-27)17-9-11-19(24)12-10-17/h2-3,6-13,18H,4-5,14-15H2,1H3. The Balaban J connectivity index is 1.56. The van der Waals surface area contributed by atoms with E-state index in [9.17, 15) is 9.18 Å². The highest BCUT2D eigenvalue weighted by molar-refractivity contribution is 6.08. The number of carbonyl (C=O) groups is 1. The lowest BCUT2D eigenvalue weighted by Crippen LogP contribution is -2.35. The van der Waals surface area contributed by atoms with Gasteiger partial charge in [-0.2, -0.15) is 0 Å². The molecular formula is C23H22FN3O. The number of ketones is 1. The fraction of sp³-hybridized carbons (Fsp3) is 0.261. The summed E-state index contributed by atoms with van der Waals surface area (Å²) in [6.45, 7) is 3.53. The summed E-state index contributed by atoms with van der Waals surface area (Å²) in [6, 6.07) is 15.9. The molecule has 0 saturated carbocycles. The Morgan fingerprint density at radius 1 is 1.11 bits per heavy atom. The van der Waals surface area contributed by atoms with Gasteiger partial charge in [-0.3, -0.25) is 9.78 Å². The molecule has 0 aliphatic carbocycles. The third kappa shape index (κ3) is 3.79. The van der Waals surface area contributed by atoms with E-state index in [2.05, 4.69) is 14.9 Å². The fourth-order valence-electron chi connectivity index (χ4n) is 3.78. The summed E-state index contributed by atoms with van der Waals surface area (Å²) in [7, 11) is 0. The molecule has 1 unspecified atom stereocenters. The molecule has 5 heteroatoms. The maximum Gasteiger partial charge on any atom is 0.213 e. The van der Waals surface area contributed by atoms with E-state index < -0.39 is 0 Å². The number of nitrogens with zero attached hydrogens (tertiary/aromatic N) is 3. The van der Waals surface area contributed by atoms with Gasteiger partial charge in [-0.15, -0.1) is 0 Å². The normalized spacial score (nSPS) is 16.8. The van der Waals surface area contributed by atoms with Crippen molar-refractivity contribution < 1.29 is 9.18 Å². The molecule has 0 bridgehead atoms. The van der Waals surface area contributed by atoms with Crippen LogP contribution in [0.1, 0.15) is 46.1 Å². The minimum Gasteiger partial charge on any atom is -0.356 e. The van der Waals surface area contributed by atoms with Crippen LogP contribution in [-0.2, 0) is 0 Å². The zero-order valence-electron chi connectivity index (χ0n) is 15.8. The van der Waals surface area contributed by atoms with Gasteiger partial charge in [0.1, 0.15) is 17.3 Å². The molecule has 1 fully saturated rings. The molecule has 3 aromatic rings. The van der Waals surface area contributed by atoms with Crippen molar-refractivity contribution in [3.63, 3.8) is 0 Å². The van der Waals surface area contributed by atoms with Gasteiger partial charge in [0, 0.05) is 36.5 Å². The van der Waals surface area contributed by atoms with E-state index in [1.165, 1.54) is 12.1 Å². The smallest absolute Gasteiger partial charge is 0.213 e. The van der Waals surface area contributed by atoms with Gasteiger partial charge in [0.25, 0.3) is 0 Å². The summed E-state index contributed by atoms with van der Waals surface area (Å²) >= 11 is 0. The molecule has 1 aliphatic heterocycles. The molecule has 4 nitrogen and oxygen atoms in total. The Bertz CT molecular complexity index is 987. The molecule has 1 atom stereocenters. The lowest BCUT2D eigenvalue weighted by Gasteiger charge is -2.34. The van der Waals surface area contributed by atoms with Crippen molar-refractivity contribution in [2.24, 2.45) is 0 Å². The van der Waals surface area contributed by atoms with Crippen LogP contribution in [0.15, 0.2) is 60.8 Å². The van der Waals surface area contributed by atoms with Crippen LogP contribution in [0.3, 0.4) is 0 Å². The highest BCUT2D eigenvalue weighted by Gasteiger charge is 2.23. The Kier molecular flexibility index (Phi) is 5.15. The van der Waals surface area contributed by atoms with Crippen LogP contribution in [-0.4, -0.2) is 28.8 Å². The first kappa shape index (κ1) is 18.3. The number of carbonyl (C=O) groups excluding carboxylic acids is 1. The average molecular weight is 375 g/mol. The molecule has 3 heterocycles. The fourth-order valence-corrected chi connectivity index (χ4v) is 3.78. The summed E-state index contributed by atoms with van der Waals surface area (Å²) in [5.74, 6) is 0.810. The second kappa shape index (κ2) is 7.89. The third-order valence-corrected chi connectivity index (χ3v) is 5.31. The molecule has 142 valence electrons. The van der Waals surface area contributed by atoms with E-state index in [0.29, 0.717) is 22.9 Å². The van der Waals surface area contributed by atoms with Crippen LogP contribution in [0.4, 0.5) is 10.2 Å². The Labute approximate surface area is 164 Å². The number of benzene rings is 1. The van der Waals surface area contributed by atoms with Crippen molar-refractivity contribution in [2.75, 3.05) is 18.0 Å². The Morgan fingerprint density at radius 3 is 2.71 bits per heavy atom. The molecule has 0 N–H and O–H groups in total. The molecule has 0 spiro atoms. The summed E-state index contributed by atoms with van der Waals surface area (Å²) in [4.78, 5) is 23.9. The second-order valence-corrected chi connectivity index (χ2v) is 7.18. The number of pyridine rings is 2. The first-order chi connectivity index (χ1) is 13.6. The largest absolute Gasteiger partial charge is 0.356 e. The van der Waals surface area contributed by atoms with Gasteiger partial charge in [0.15, 0.2) is 0 Å².